The molecule has 1 unspecified atom stereocenters. The highest BCUT2D eigenvalue weighted by molar-refractivity contribution is 8.28. The first-order valence-corrected chi connectivity index (χ1v) is 10.2. The molecule has 2 saturated carbocycles. The summed E-state index contributed by atoms with van der Waals surface area (Å²) >= 11 is 0. The highest BCUT2D eigenvalue weighted by Crippen LogP contribution is 2.28. The molecule has 1 atom stereocenters. The minimum Gasteiger partial charge on any atom is -0.359 e. The molecule has 2 rings (SSSR count). The van der Waals surface area contributed by atoms with Crippen molar-refractivity contribution in [1.29, 1.82) is 0 Å². The lowest BCUT2D eigenvalue weighted by molar-refractivity contribution is 0.00404. The molecule has 0 saturated heterocycles. The molecule has 2 aliphatic rings. The van der Waals surface area contributed by atoms with E-state index in [1.165, 1.54) is 0 Å². The third-order valence-electron chi connectivity index (χ3n) is 4.34. The zero-order chi connectivity index (χ0) is 14.6. The zero-order valence-corrected chi connectivity index (χ0v) is 13.3. The summed E-state index contributed by atoms with van der Waals surface area (Å²) in [6, 6.07) is 0. The zero-order valence-electron chi connectivity index (χ0n) is 11.7. The van der Waals surface area contributed by atoms with E-state index in [1.54, 1.807) is 0 Å². The molecule has 0 bridgehead atoms. The van der Waals surface area contributed by atoms with E-state index >= 15 is 0 Å². The SMILES string of the molecule is [N-]=[N+]=C(S(=O)C1CCCCC1)S(=O)(=O)C1CCCCC1. The maximum atomic E-state index is 12.5. The van der Waals surface area contributed by atoms with Gasteiger partial charge in [0.25, 0.3) is 9.84 Å². The lowest BCUT2D eigenvalue weighted by Gasteiger charge is -2.22. The van der Waals surface area contributed by atoms with Crippen molar-refractivity contribution in [2.45, 2.75) is 74.7 Å². The van der Waals surface area contributed by atoms with Crippen LogP contribution in [0.5, 0.6) is 0 Å². The van der Waals surface area contributed by atoms with E-state index in [0.717, 1.165) is 51.4 Å². The number of sulfone groups is 1. The van der Waals surface area contributed by atoms with Crippen LogP contribution in [0, 0.1) is 0 Å². The van der Waals surface area contributed by atoms with Crippen LogP contribution in [-0.4, -0.2) is 32.3 Å². The fraction of sp³-hybridized carbons (Fsp3) is 0.923. The molecule has 0 amide bonds. The Bertz CT molecular complexity index is 512. The van der Waals surface area contributed by atoms with Gasteiger partial charge in [0.05, 0.1) is 5.25 Å². The summed E-state index contributed by atoms with van der Waals surface area (Å²) < 4.78 is 37.0. The van der Waals surface area contributed by atoms with Crippen LogP contribution in [0.25, 0.3) is 5.53 Å². The molecule has 0 aliphatic heterocycles. The Kier molecular flexibility index (Phi) is 5.52. The highest BCUT2D eigenvalue weighted by Gasteiger charge is 2.44. The molecule has 0 N–H and O–H groups in total. The standard InChI is InChI=1S/C13H22N2O3S2/c14-15-13(19(16)11-7-3-1-4-8-11)20(17,18)12-9-5-2-6-10-12/h11-12H,1-10H2. The topological polar surface area (TPSA) is 87.6 Å². The van der Waals surface area contributed by atoms with Gasteiger partial charge in [-0.3, -0.25) is 0 Å². The Labute approximate surface area is 123 Å². The molecular formula is C13H22N2O3S2. The van der Waals surface area contributed by atoms with Crippen molar-refractivity contribution in [3.63, 3.8) is 0 Å². The average molecular weight is 318 g/mol. The van der Waals surface area contributed by atoms with Gasteiger partial charge in [0, 0.05) is 5.25 Å². The molecule has 2 fully saturated rings. The van der Waals surface area contributed by atoms with Gasteiger partial charge in [0.1, 0.15) is 10.8 Å². The first kappa shape index (κ1) is 15.9. The van der Waals surface area contributed by atoms with Crippen LogP contribution in [0.2, 0.25) is 0 Å². The summed E-state index contributed by atoms with van der Waals surface area (Å²) in [6.45, 7) is 0. The third kappa shape index (κ3) is 3.38. The van der Waals surface area contributed by atoms with Crippen molar-refractivity contribution < 1.29 is 17.4 Å². The molecule has 7 heteroatoms. The van der Waals surface area contributed by atoms with E-state index in [9.17, 15) is 12.6 Å². The molecule has 5 nitrogen and oxygen atoms in total. The smallest absolute Gasteiger partial charge is 0.359 e. The van der Waals surface area contributed by atoms with E-state index in [1.807, 2.05) is 0 Å². The monoisotopic (exact) mass is 318 g/mol. The van der Waals surface area contributed by atoms with Gasteiger partial charge in [-0.25, -0.2) is 12.6 Å². The van der Waals surface area contributed by atoms with Crippen LogP contribution >= 0.6 is 0 Å². The van der Waals surface area contributed by atoms with E-state index in [-0.39, 0.29) is 5.25 Å². The van der Waals surface area contributed by atoms with Crippen molar-refractivity contribution in [2.24, 2.45) is 0 Å². The Balaban J connectivity index is 2.18. The molecule has 20 heavy (non-hydrogen) atoms. The Morgan fingerprint density at radius 3 is 1.95 bits per heavy atom. The first-order chi connectivity index (χ1) is 9.57. The predicted octanol–water partition coefficient (Wildman–Crippen LogP) is 2.40. The van der Waals surface area contributed by atoms with Crippen molar-refractivity contribution in [2.75, 3.05) is 0 Å². The third-order valence-corrected chi connectivity index (χ3v) is 8.95. The number of hydrogen-bond donors (Lipinski definition) is 0. The molecule has 114 valence electrons. The molecule has 0 aromatic carbocycles. The normalized spacial score (nSPS) is 24.0. The van der Waals surface area contributed by atoms with Gasteiger partial charge in [-0.2, -0.15) is 0 Å². The van der Waals surface area contributed by atoms with Crippen LogP contribution < -0.4 is 0 Å². The Morgan fingerprint density at radius 1 is 0.950 bits per heavy atom. The van der Waals surface area contributed by atoms with Gasteiger partial charge in [-0.05, 0) is 25.7 Å². The maximum absolute atomic E-state index is 12.5. The molecule has 0 heterocycles. The van der Waals surface area contributed by atoms with Crippen molar-refractivity contribution >= 4 is 25.0 Å². The quantitative estimate of drug-likeness (QED) is 0.339. The van der Waals surface area contributed by atoms with Crippen LogP contribution in [0.1, 0.15) is 64.2 Å². The lowest BCUT2D eigenvalue weighted by Crippen LogP contribution is -2.37. The van der Waals surface area contributed by atoms with E-state index in [0.29, 0.717) is 12.8 Å². The Hall–Kier alpha value is -0.520. The molecule has 0 spiro atoms. The summed E-state index contributed by atoms with van der Waals surface area (Å²) in [6.07, 6.45) is 8.52. The second-order valence-corrected chi connectivity index (χ2v) is 9.78. The lowest BCUT2D eigenvalue weighted by atomic mass is 10.0. The van der Waals surface area contributed by atoms with Gasteiger partial charge in [-0.1, -0.05) is 38.5 Å². The summed E-state index contributed by atoms with van der Waals surface area (Å²) in [5.41, 5.74) is 9.11. The van der Waals surface area contributed by atoms with Gasteiger partial charge in [0.15, 0.2) is 0 Å². The number of rotatable bonds is 2. The second-order valence-electron chi connectivity index (χ2n) is 5.73. The van der Waals surface area contributed by atoms with Crippen molar-refractivity contribution in [3.8, 4) is 0 Å². The van der Waals surface area contributed by atoms with Gasteiger partial charge < -0.3 is 5.53 Å². The molecular weight excluding hydrogens is 296 g/mol. The summed E-state index contributed by atoms with van der Waals surface area (Å²) in [4.78, 5) is 2.94. The molecule has 0 aromatic rings. The largest absolute Gasteiger partial charge is 0.469 e. The van der Waals surface area contributed by atoms with Crippen molar-refractivity contribution in [3.05, 3.63) is 5.53 Å². The number of nitrogens with zero attached hydrogens (tertiary/aromatic N) is 2. The summed E-state index contributed by atoms with van der Waals surface area (Å²) in [7, 11) is -5.43. The number of hydrogen-bond acceptors (Lipinski definition) is 3. The van der Waals surface area contributed by atoms with E-state index < -0.39 is 30.3 Å². The highest BCUT2D eigenvalue weighted by atomic mass is 32.3. The summed E-state index contributed by atoms with van der Waals surface area (Å²) in [5.74, 6) is 0. The minimum absolute atomic E-state index is 0.173. The average Bonchev–Trinajstić information content (AvgIpc) is 2.49. The summed E-state index contributed by atoms with van der Waals surface area (Å²) in [5, 5.41) is -0.692. The van der Waals surface area contributed by atoms with Gasteiger partial charge in [-0.15, -0.1) is 4.79 Å². The van der Waals surface area contributed by atoms with Gasteiger partial charge in [0.2, 0.25) is 0 Å². The maximum Gasteiger partial charge on any atom is 0.469 e. The van der Waals surface area contributed by atoms with Crippen LogP contribution in [0.3, 0.4) is 0 Å². The fourth-order valence-corrected chi connectivity index (χ4v) is 7.36. The van der Waals surface area contributed by atoms with Crippen molar-refractivity contribution in [1.82, 2.24) is 0 Å². The first-order valence-electron chi connectivity index (χ1n) is 7.44. The van der Waals surface area contributed by atoms with Crippen LogP contribution in [0.15, 0.2) is 0 Å². The fourth-order valence-electron chi connectivity index (χ4n) is 3.15. The van der Waals surface area contributed by atoms with Crippen LogP contribution in [-0.2, 0) is 20.6 Å². The minimum atomic E-state index is -3.72. The van der Waals surface area contributed by atoms with Crippen LogP contribution in [0.4, 0.5) is 0 Å². The Morgan fingerprint density at radius 2 is 1.45 bits per heavy atom. The molecule has 0 radical (unpaired) electrons. The molecule has 2 aliphatic carbocycles. The predicted molar refractivity (Wildman–Crippen MR) is 79.4 cm³/mol. The molecule has 0 aromatic heterocycles. The second kappa shape index (κ2) is 6.96. The van der Waals surface area contributed by atoms with Gasteiger partial charge >= 0.3 is 4.38 Å². The van der Waals surface area contributed by atoms with E-state index in [2.05, 4.69) is 4.79 Å². The van der Waals surface area contributed by atoms with E-state index in [4.69, 9.17) is 5.53 Å².